The Labute approximate surface area is 114 Å². The first-order valence-corrected chi connectivity index (χ1v) is 6.45. The third-order valence-corrected chi connectivity index (χ3v) is 2.99. The number of hydrogen-bond donors (Lipinski definition) is 0. The number of carbonyl (C=O) groups excluding carboxylic acids is 2. The van der Waals surface area contributed by atoms with Gasteiger partial charge in [0.15, 0.2) is 0 Å². The van der Waals surface area contributed by atoms with Crippen LogP contribution in [0.5, 0.6) is 0 Å². The van der Waals surface area contributed by atoms with Crippen LogP contribution in [0, 0.1) is 0 Å². The van der Waals surface area contributed by atoms with Gasteiger partial charge in [-0.25, -0.2) is 0 Å². The zero-order valence-corrected chi connectivity index (χ0v) is 11.8. The first kappa shape index (κ1) is 15.2. The topological polar surface area (TPSA) is 37.4 Å². The molecule has 0 N–H and O–H groups in total. The van der Waals surface area contributed by atoms with Crippen LogP contribution in [0.1, 0.15) is 38.8 Å². The molecule has 1 unspecified atom stereocenters. The highest BCUT2D eigenvalue weighted by molar-refractivity contribution is 5.76. The molecule has 3 nitrogen and oxygen atoms in total. The van der Waals surface area contributed by atoms with Gasteiger partial charge in [-0.05, 0) is 25.8 Å². The van der Waals surface area contributed by atoms with Crippen molar-refractivity contribution in [3.05, 3.63) is 47.5 Å². The molecule has 0 radical (unpaired) electrons. The molecule has 0 heterocycles. The minimum atomic E-state index is -0.0844. The van der Waals surface area contributed by atoms with Crippen LogP contribution in [0.25, 0.3) is 0 Å². The van der Waals surface area contributed by atoms with Gasteiger partial charge in [-0.1, -0.05) is 42.0 Å². The number of nitrogens with zero attached hydrogens (tertiary/aromatic N) is 1. The van der Waals surface area contributed by atoms with Gasteiger partial charge in [0, 0.05) is 6.92 Å². The largest absolute Gasteiger partial charge is 0.329 e. The molecule has 1 aromatic carbocycles. The maximum Gasteiger partial charge on any atom is 0.220 e. The second-order valence-electron chi connectivity index (χ2n) is 4.78. The molecular weight excluding hydrogens is 238 g/mol. The Balaban J connectivity index is 3.06. The summed E-state index contributed by atoms with van der Waals surface area (Å²) in [5.41, 5.74) is 2.26. The van der Waals surface area contributed by atoms with Crippen molar-refractivity contribution >= 4 is 12.2 Å². The van der Waals surface area contributed by atoms with Crippen molar-refractivity contribution in [1.82, 2.24) is 4.90 Å². The maximum atomic E-state index is 11.7. The molecular formula is C16H21NO2. The Morgan fingerprint density at radius 2 is 1.84 bits per heavy atom. The van der Waals surface area contributed by atoms with Gasteiger partial charge in [0.1, 0.15) is 6.29 Å². The van der Waals surface area contributed by atoms with Crippen LogP contribution in [0.15, 0.2) is 42.0 Å². The van der Waals surface area contributed by atoms with Crippen LogP contribution in [-0.4, -0.2) is 23.6 Å². The first-order valence-electron chi connectivity index (χ1n) is 6.45. The second kappa shape index (κ2) is 7.52. The Bertz CT molecular complexity index is 447. The number of amides is 1. The fraction of sp³-hybridized carbons (Fsp3) is 0.375. The van der Waals surface area contributed by atoms with E-state index in [-0.39, 0.29) is 18.5 Å². The van der Waals surface area contributed by atoms with E-state index in [2.05, 4.69) is 6.08 Å². The van der Waals surface area contributed by atoms with Crippen LogP contribution < -0.4 is 0 Å². The second-order valence-corrected chi connectivity index (χ2v) is 4.78. The fourth-order valence-electron chi connectivity index (χ4n) is 2.02. The normalized spacial score (nSPS) is 11.5. The van der Waals surface area contributed by atoms with Crippen molar-refractivity contribution in [3.63, 3.8) is 0 Å². The van der Waals surface area contributed by atoms with E-state index < -0.39 is 0 Å². The molecule has 0 aliphatic carbocycles. The average molecular weight is 259 g/mol. The predicted molar refractivity (Wildman–Crippen MR) is 76.7 cm³/mol. The number of allylic oxidation sites excluding steroid dienone is 1. The minimum absolute atomic E-state index is 0.0805. The lowest BCUT2D eigenvalue weighted by atomic mass is 10.0. The van der Waals surface area contributed by atoms with Crippen molar-refractivity contribution in [2.45, 2.75) is 33.2 Å². The Morgan fingerprint density at radius 1 is 1.21 bits per heavy atom. The number of aldehydes is 1. The fourth-order valence-corrected chi connectivity index (χ4v) is 2.02. The predicted octanol–water partition coefficient (Wildman–Crippen LogP) is 3.13. The molecule has 1 rings (SSSR count). The van der Waals surface area contributed by atoms with Crippen LogP contribution in [0.4, 0.5) is 0 Å². The summed E-state index contributed by atoms with van der Waals surface area (Å²) in [4.78, 5) is 24.1. The lowest BCUT2D eigenvalue weighted by Crippen LogP contribution is -2.34. The van der Waals surface area contributed by atoms with Gasteiger partial charge in [0.05, 0.1) is 12.6 Å². The zero-order valence-electron chi connectivity index (χ0n) is 11.8. The summed E-state index contributed by atoms with van der Waals surface area (Å²) < 4.78 is 0. The monoisotopic (exact) mass is 259 g/mol. The van der Waals surface area contributed by atoms with Crippen LogP contribution in [0.3, 0.4) is 0 Å². The van der Waals surface area contributed by atoms with Crippen molar-refractivity contribution in [2.75, 3.05) is 6.54 Å². The molecule has 0 aliphatic heterocycles. The molecule has 0 fully saturated rings. The number of carbonyl (C=O) groups is 2. The highest BCUT2D eigenvalue weighted by atomic mass is 16.2. The highest BCUT2D eigenvalue weighted by Gasteiger charge is 2.21. The molecule has 1 atom stereocenters. The van der Waals surface area contributed by atoms with Crippen molar-refractivity contribution < 1.29 is 9.59 Å². The standard InChI is InChI=1S/C16H21NO2/c1-13(2)9-10-16(15-7-5-4-6-8-15)17(11-12-18)14(3)19/h4-9,12,16H,10-11H2,1-3H3. The quantitative estimate of drug-likeness (QED) is 0.581. The molecule has 1 aromatic rings. The third kappa shape index (κ3) is 4.70. The van der Waals surface area contributed by atoms with E-state index >= 15 is 0 Å². The van der Waals surface area contributed by atoms with Crippen LogP contribution in [0.2, 0.25) is 0 Å². The molecule has 0 saturated heterocycles. The van der Waals surface area contributed by atoms with Crippen molar-refractivity contribution in [1.29, 1.82) is 0 Å². The highest BCUT2D eigenvalue weighted by Crippen LogP contribution is 2.25. The minimum Gasteiger partial charge on any atom is -0.329 e. The van der Waals surface area contributed by atoms with Gasteiger partial charge >= 0.3 is 0 Å². The summed E-state index contributed by atoms with van der Waals surface area (Å²) in [5, 5.41) is 0. The van der Waals surface area contributed by atoms with E-state index in [1.165, 1.54) is 12.5 Å². The maximum absolute atomic E-state index is 11.7. The number of rotatable bonds is 6. The van der Waals surface area contributed by atoms with E-state index in [9.17, 15) is 9.59 Å². The smallest absolute Gasteiger partial charge is 0.220 e. The molecule has 102 valence electrons. The molecule has 0 saturated carbocycles. The zero-order chi connectivity index (χ0) is 14.3. The van der Waals surface area contributed by atoms with Crippen LogP contribution >= 0.6 is 0 Å². The summed E-state index contributed by atoms with van der Waals surface area (Å²) in [6, 6.07) is 9.74. The summed E-state index contributed by atoms with van der Waals surface area (Å²) in [6.45, 7) is 5.69. The van der Waals surface area contributed by atoms with E-state index in [1.54, 1.807) is 4.90 Å². The van der Waals surface area contributed by atoms with Gasteiger partial charge in [0.25, 0.3) is 0 Å². The summed E-state index contributed by atoms with van der Waals surface area (Å²) in [6.07, 6.45) is 3.60. The lowest BCUT2D eigenvalue weighted by molar-refractivity contribution is -0.133. The molecule has 0 spiro atoms. The van der Waals surface area contributed by atoms with E-state index in [0.29, 0.717) is 0 Å². The van der Waals surface area contributed by atoms with Gasteiger partial charge in [0.2, 0.25) is 5.91 Å². The molecule has 1 amide bonds. The van der Waals surface area contributed by atoms with Gasteiger partial charge in [-0.15, -0.1) is 0 Å². The van der Waals surface area contributed by atoms with Gasteiger partial charge < -0.3 is 9.69 Å². The Morgan fingerprint density at radius 3 is 2.32 bits per heavy atom. The third-order valence-electron chi connectivity index (χ3n) is 2.99. The summed E-state index contributed by atoms with van der Waals surface area (Å²) in [5.74, 6) is -0.0805. The molecule has 19 heavy (non-hydrogen) atoms. The first-order chi connectivity index (χ1) is 9.06. The number of benzene rings is 1. The van der Waals surface area contributed by atoms with E-state index in [4.69, 9.17) is 0 Å². The molecule has 0 aliphatic rings. The van der Waals surface area contributed by atoms with E-state index in [1.807, 2.05) is 44.2 Å². The summed E-state index contributed by atoms with van der Waals surface area (Å²) >= 11 is 0. The van der Waals surface area contributed by atoms with Gasteiger partial charge in [-0.2, -0.15) is 0 Å². The van der Waals surface area contributed by atoms with Crippen molar-refractivity contribution in [2.24, 2.45) is 0 Å². The number of hydrogen-bond acceptors (Lipinski definition) is 2. The molecule has 0 bridgehead atoms. The molecule has 3 heteroatoms. The molecule has 0 aromatic heterocycles. The van der Waals surface area contributed by atoms with E-state index in [0.717, 1.165) is 18.3 Å². The van der Waals surface area contributed by atoms with Crippen LogP contribution in [-0.2, 0) is 9.59 Å². The summed E-state index contributed by atoms with van der Waals surface area (Å²) in [7, 11) is 0. The van der Waals surface area contributed by atoms with Gasteiger partial charge in [-0.3, -0.25) is 4.79 Å². The van der Waals surface area contributed by atoms with Crippen molar-refractivity contribution in [3.8, 4) is 0 Å². The SMILES string of the molecule is CC(=O)N(CC=O)C(CC=C(C)C)c1ccccc1. The lowest BCUT2D eigenvalue weighted by Gasteiger charge is -2.29. The average Bonchev–Trinajstić information content (AvgIpc) is 2.38. The Hall–Kier alpha value is -1.90. The Kier molecular flexibility index (Phi) is 6.00.